The molecule has 0 amide bonds. The van der Waals surface area contributed by atoms with Gasteiger partial charge in [0, 0.05) is 35.3 Å². The predicted octanol–water partition coefficient (Wildman–Crippen LogP) is 4.35. The van der Waals surface area contributed by atoms with Crippen molar-refractivity contribution in [2.75, 3.05) is 5.32 Å². The zero-order valence-corrected chi connectivity index (χ0v) is 18.4. The highest BCUT2D eigenvalue weighted by Gasteiger charge is 2.11. The number of anilines is 2. The van der Waals surface area contributed by atoms with E-state index in [-0.39, 0.29) is 18.0 Å². The molecule has 2 heterocycles. The quantitative estimate of drug-likeness (QED) is 0.247. The third kappa shape index (κ3) is 4.75. The standard InChI is InChI=1S/C23H16N8O5/c32-30(33)18-6-4-17(5-7-18)29-12-16(27-28-29)13-36-20-8-9-22-21(11-20)23(25-14-24-22)26-15-2-1-3-19(10-15)31(34)35/h1-12,14H,13H2,(H,24,25,26). The molecular weight excluding hydrogens is 468 g/mol. The molecule has 0 saturated heterocycles. The first-order valence-corrected chi connectivity index (χ1v) is 10.5. The Morgan fingerprint density at radius 2 is 1.72 bits per heavy atom. The van der Waals surface area contributed by atoms with Crippen LogP contribution in [0.2, 0.25) is 0 Å². The second-order valence-corrected chi connectivity index (χ2v) is 7.55. The predicted molar refractivity (Wildman–Crippen MR) is 128 cm³/mol. The van der Waals surface area contributed by atoms with Crippen molar-refractivity contribution in [1.29, 1.82) is 0 Å². The summed E-state index contributed by atoms with van der Waals surface area (Å²) in [5.41, 5.74) is 2.30. The first-order valence-electron chi connectivity index (χ1n) is 10.5. The molecule has 0 radical (unpaired) electrons. The van der Waals surface area contributed by atoms with Gasteiger partial charge in [0.25, 0.3) is 11.4 Å². The lowest BCUT2D eigenvalue weighted by Gasteiger charge is -2.10. The lowest BCUT2D eigenvalue weighted by atomic mass is 10.2. The summed E-state index contributed by atoms with van der Waals surface area (Å²) in [6, 6.07) is 17.4. The van der Waals surface area contributed by atoms with Crippen LogP contribution in [0.1, 0.15) is 5.69 Å². The molecule has 36 heavy (non-hydrogen) atoms. The smallest absolute Gasteiger partial charge is 0.271 e. The van der Waals surface area contributed by atoms with Gasteiger partial charge in [-0.05, 0) is 36.4 Å². The Morgan fingerprint density at radius 3 is 2.50 bits per heavy atom. The average Bonchev–Trinajstić information content (AvgIpc) is 3.37. The van der Waals surface area contributed by atoms with Crippen LogP contribution in [0.15, 0.2) is 79.3 Å². The molecule has 5 aromatic rings. The van der Waals surface area contributed by atoms with Crippen LogP contribution < -0.4 is 10.1 Å². The van der Waals surface area contributed by atoms with Crippen molar-refractivity contribution < 1.29 is 14.6 Å². The summed E-state index contributed by atoms with van der Waals surface area (Å²) in [5.74, 6) is 0.999. The van der Waals surface area contributed by atoms with Crippen LogP contribution in [0, 0.1) is 20.2 Å². The number of non-ortho nitro benzene ring substituents is 2. The number of aromatic nitrogens is 5. The van der Waals surface area contributed by atoms with Gasteiger partial charge in [0.15, 0.2) is 0 Å². The van der Waals surface area contributed by atoms with Gasteiger partial charge in [-0.2, -0.15) is 0 Å². The molecule has 178 valence electrons. The van der Waals surface area contributed by atoms with Crippen LogP contribution in [-0.4, -0.2) is 34.8 Å². The van der Waals surface area contributed by atoms with Crippen molar-refractivity contribution in [2.24, 2.45) is 0 Å². The summed E-state index contributed by atoms with van der Waals surface area (Å²) in [5, 5.41) is 33.8. The van der Waals surface area contributed by atoms with E-state index in [4.69, 9.17) is 4.74 Å². The van der Waals surface area contributed by atoms with Crippen LogP contribution in [0.5, 0.6) is 5.75 Å². The number of fused-ring (bicyclic) bond motifs is 1. The molecule has 0 aliphatic heterocycles. The van der Waals surface area contributed by atoms with Gasteiger partial charge >= 0.3 is 0 Å². The Hall–Kier alpha value is -5.46. The maximum atomic E-state index is 11.1. The van der Waals surface area contributed by atoms with Crippen molar-refractivity contribution >= 4 is 33.8 Å². The number of ether oxygens (including phenoxy) is 1. The summed E-state index contributed by atoms with van der Waals surface area (Å²) >= 11 is 0. The number of nitrogens with one attached hydrogen (secondary N) is 1. The molecule has 3 aromatic carbocycles. The number of hydrogen-bond donors (Lipinski definition) is 1. The molecule has 1 N–H and O–H groups in total. The van der Waals surface area contributed by atoms with Crippen LogP contribution in [0.3, 0.4) is 0 Å². The lowest BCUT2D eigenvalue weighted by molar-refractivity contribution is -0.385. The van der Waals surface area contributed by atoms with Gasteiger partial charge in [0.1, 0.15) is 30.2 Å². The summed E-state index contributed by atoms with van der Waals surface area (Å²) in [7, 11) is 0. The van der Waals surface area contributed by atoms with E-state index in [2.05, 4.69) is 25.6 Å². The highest BCUT2D eigenvalue weighted by atomic mass is 16.6. The second-order valence-electron chi connectivity index (χ2n) is 7.55. The molecule has 2 aromatic heterocycles. The van der Waals surface area contributed by atoms with E-state index in [1.54, 1.807) is 48.7 Å². The molecule has 0 unspecified atom stereocenters. The fourth-order valence-electron chi connectivity index (χ4n) is 3.43. The van der Waals surface area contributed by atoms with Crippen molar-refractivity contribution in [3.05, 3.63) is 105 Å². The lowest BCUT2D eigenvalue weighted by Crippen LogP contribution is -1.99. The molecular formula is C23H16N8O5. The normalized spacial score (nSPS) is 10.8. The van der Waals surface area contributed by atoms with E-state index >= 15 is 0 Å². The van der Waals surface area contributed by atoms with E-state index < -0.39 is 9.85 Å². The van der Waals surface area contributed by atoms with E-state index in [9.17, 15) is 20.2 Å². The number of nitro benzene ring substituents is 2. The largest absolute Gasteiger partial charge is 0.487 e. The molecule has 0 saturated carbocycles. The minimum atomic E-state index is -0.469. The number of nitrogens with zero attached hydrogens (tertiary/aromatic N) is 7. The maximum Gasteiger partial charge on any atom is 0.271 e. The van der Waals surface area contributed by atoms with E-state index in [0.29, 0.717) is 39.5 Å². The first-order chi connectivity index (χ1) is 17.5. The zero-order valence-electron chi connectivity index (χ0n) is 18.4. The minimum Gasteiger partial charge on any atom is -0.487 e. The van der Waals surface area contributed by atoms with Crippen molar-refractivity contribution in [3.63, 3.8) is 0 Å². The molecule has 13 nitrogen and oxygen atoms in total. The average molecular weight is 484 g/mol. The summed E-state index contributed by atoms with van der Waals surface area (Å²) in [6.07, 6.45) is 3.07. The topological polar surface area (TPSA) is 164 Å². The summed E-state index contributed by atoms with van der Waals surface area (Å²) in [4.78, 5) is 29.5. The molecule has 0 aliphatic rings. The van der Waals surface area contributed by atoms with Gasteiger partial charge in [-0.3, -0.25) is 20.2 Å². The Labute approximate surface area is 202 Å². The van der Waals surface area contributed by atoms with E-state index in [1.165, 1.54) is 35.3 Å². The SMILES string of the molecule is O=[N+]([O-])c1ccc(-n2cc(COc3ccc4ncnc(Nc5cccc([N+](=O)[O-])c5)c4c3)nn2)cc1. The third-order valence-corrected chi connectivity index (χ3v) is 5.18. The van der Waals surface area contributed by atoms with Crippen LogP contribution in [0.4, 0.5) is 22.9 Å². The van der Waals surface area contributed by atoms with Gasteiger partial charge in [0.2, 0.25) is 0 Å². The maximum absolute atomic E-state index is 11.1. The number of benzene rings is 3. The Kier molecular flexibility index (Phi) is 5.85. The van der Waals surface area contributed by atoms with Gasteiger partial charge in [-0.15, -0.1) is 5.10 Å². The van der Waals surface area contributed by atoms with Gasteiger partial charge in [0.05, 0.1) is 27.2 Å². The van der Waals surface area contributed by atoms with Crippen molar-refractivity contribution in [1.82, 2.24) is 25.0 Å². The highest BCUT2D eigenvalue weighted by Crippen LogP contribution is 2.28. The number of rotatable bonds is 8. The highest BCUT2D eigenvalue weighted by molar-refractivity contribution is 5.91. The Bertz CT molecular complexity index is 1590. The number of hydrogen-bond acceptors (Lipinski definition) is 10. The third-order valence-electron chi connectivity index (χ3n) is 5.18. The zero-order chi connectivity index (χ0) is 25.1. The van der Waals surface area contributed by atoms with Crippen LogP contribution in [0.25, 0.3) is 16.6 Å². The summed E-state index contributed by atoms with van der Waals surface area (Å²) < 4.78 is 7.38. The van der Waals surface area contributed by atoms with E-state index in [0.717, 1.165) is 0 Å². The van der Waals surface area contributed by atoms with Crippen LogP contribution in [-0.2, 0) is 6.61 Å². The Balaban J connectivity index is 1.32. The fourth-order valence-corrected chi connectivity index (χ4v) is 3.43. The first kappa shape index (κ1) is 22.3. The molecule has 0 aliphatic carbocycles. The molecule has 5 rings (SSSR count). The summed E-state index contributed by atoms with van der Waals surface area (Å²) in [6.45, 7) is 0.125. The number of nitro groups is 2. The van der Waals surface area contributed by atoms with Crippen molar-refractivity contribution in [3.8, 4) is 11.4 Å². The minimum absolute atomic E-state index is 0.0120. The monoisotopic (exact) mass is 484 g/mol. The van der Waals surface area contributed by atoms with Gasteiger partial charge in [-0.25, -0.2) is 14.6 Å². The van der Waals surface area contributed by atoms with Crippen LogP contribution >= 0.6 is 0 Å². The fraction of sp³-hybridized carbons (Fsp3) is 0.0435. The molecule has 0 fully saturated rings. The van der Waals surface area contributed by atoms with E-state index in [1.807, 2.05) is 0 Å². The molecule has 0 bridgehead atoms. The Morgan fingerprint density at radius 1 is 0.917 bits per heavy atom. The van der Waals surface area contributed by atoms with Crippen molar-refractivity contribution in [2.45, 2.75) is 6.61 Å². The van der Waals surface area contributed by atoms with Gasteiger partial charge < -0.3 is 10.1 Å². The molecule has 0 spiro atoms. The molecule has 0 atom stereocenters. The second kappa shape index (κ2) is 9.42. The van der Waals surface area contributed by atoms with Gasteiger partial charge in [-0.1, -0.05) is 11.3 Å². The molecule has 13 heteroatoms.